The van der Waals surface area contributed by atoms with Gasteiger partial charge < -0.3 is 10.6 Å². The molecule has 98 valence electrons. The van der Waals surface area contributed by atoms with E-state index in [9.17, 15) is 0 Å². The Hall–Kier alpha value is -0.380. The van der Waals surface area contributed by atoms with Gasteiger partial charge >= 0.3 is 0 Å². The number of hydrogen-bond donors (Lipinski definition) is 2. The molecule has 1 aromatic heterocycles. The highest BCUT2D eigenvalue weighted by Gasteiger charge is 1.94. The number of thiophene rings is 1. The maximum atomic E-state index is 3.48. The third-order valence-electron chi connectivity index (χ3n) is 2.64. The molecule has 1 heterocycles. The van der Waals surface area contributed by atoms with Crippen LogP contribution in [-0.4, -0.2) is 26.2 Å². The quantitative estimate of drug-likeness (QED) is 0.627. The van der Waals surface area contributed by atoms with E-state index in [2.05, 4.69) is 42.0 Å². The second-order valence-electron chi connectivity index (χ2n) is 4.88. The number of hydrogen-bond acceptors (Lipinski definition) is 3. The fourth-order valence-corrected chi connectivity index (χ4v) is 2.45. The van der Waals surface area contributed by atoms with Crippen molar-refractivity contribution in [2.24, 2.45) is 5.92 Å². The molecular weight excluding hydrogens is 228 g/mol. The lowest BCUT2D eigenvalue weighted by Gasteiger charge is -2.08. The molecule has 0 atom stereocenters. The van der Waals surface area contributed by atoms with E-state index >= 15 is 0 Å². The second kappa shape index (κ2) is 9.63. The van der Waals surface area contributed by atoms with E-state index in [1.54, 1.807) is 0 Å². The Morgan fingerprint density at radius 3 is 2.65 bits per heavy atom. The van der Waals surface area contributed by atoms with Crippen LogP contribution >= 0.6 is 11.3 Å². The SMILES string of the molecule is CC(C)CNCCNCCCCc1cccs1. The molecule has 3 heteroatoms. The summed E-state index contributed by atoms with van der Waals surface area (Å²) in [6, 6.07) is 4.37. The first-order valence-electron chi connectivity index (χ1n) is 6.73. The molecule has 1 rings (SSSR count). The first kappa shape index (κ1) is 14.7. The van der Waals surface area contributed by atoms with Crippen molar-refractivity contribution >= 4 is 11.3 Å². The van der Waals surface area contributed by atoms with E-state index in [0.717, 1.165) is 32.1 Å². The third-order valence-corrected chi connectivity index (χ3v) is 3.57. The van der Waals surface area contributed by atoms with Gasteiger partial charge in [0.1, 0.15) is 0 Å². The third kappa shape index (κ3) is 8.36. The van der Waals surface area contributed by atoms with Crippen LogP contribution in [0, 0.1) is 5.92 Å². The fraction of sp³-hybridized carbons (Fsp3) is 0.714. The molecule has 0 saturated heterocycles. The zero-order chi connectivity index (χ0) is 12.3. The van der Waals surface area contributed by atoms with Crippen molar-refractivity contribution in [3.63, 3.8) is 0 Å². The van der Waals surface area contributed by atoms with Gasteiger partial charge in [0.05, 0.1) is 0 Å². The van der Waals surface area contributed by atoms with Gasteiger partial charge in [0.2, 0.25) is 0 Å². The molecule has 0 spiro atoms. The highest BCUT2D eigenvalue weighted by atomic mass is 32.1. The molecule has 2 nitrogen and oxygen atoms in total. The van der Waals surface area contributed by atoms with Gasteiger partial charge in [-0.15, -0.1) is 11.3 Å². The van der Waals surface area contributed by atoms with Crippen LogP contribution < -0.4 is 10.6 Å². The second-order valence-corrected chi connectivity index (χ2v) is 5.92. The lowest BCUT2D eigenvalue weighted by Crippen LogP contribution is -2.30. The Morgan fingerprint density at radius 1 is 1.12 bits per heavy atom. The van der Waals surface area contributed by atoms with Crippen LogP contribution in [0.5, 0.6) is 0 Å². The summed E-state index contributed by atoms with van der Waals surface area (Å²) in [5.74, 6) is 0.751. The van der Waals surface area contributed by atoms with Crippen molar-refractivity contribution in [3.05, 3.63) is 22.4 Å². The van der Waals surface area contributed by atoms with Crippen molar-refractivity contribution in [1.29, 1.82) is 0 Å². The van der Waals surface area contributed by atoms with Crippen LogP contribution in [0.15, 0.2) is 17.5 Å². The van der Waals surface area contributed by atoms with Crippen LogP contribution in [0.3, 0.4) is 0 Å². The van der Waals surface area contributed by atoms with Crippen LogP contribution in [-0.2, 0) is 6.42 Å². The summed E-state index contributed by atoms with van der Waals surface area (Å²) < 4.78 is 0. The summed E-state index contributed by atoms with van der Waals surface area (Å²) in [6.07, 6.45) is 3.82. The minimum absolute atomic E-state index is 0.751. The Bertz CT molecular complexity index is 257. The maximum absolute atomic E-state index is 3.48. The average Bonchev–Trinajstić information content (AvgIpc) is 2.79. The fourth-order valence-electron chi connectivity index (χ4n) is 1.70. The molecule has 17 heavy (non-hydrogen) atoms. The van der Waals surface area contributed by atoms with E-state index in [4.69, 9.17) is 0 Å². The molecule has 0 aliphatic carbocycles. The first-order chi connectivity index (χ1) is 8.29. The van der Waals surface area contributed by atoms with Gasteiger partial charge in [-0.3, -0.25) is 0 Å². The minimum Gasteiger partial charge on any atom is -0.315 e. The normalized spacial score (nSPS) is 11.2. The van der Waals surface area contributed by atoms with E-state index in [1.165, 1.54) is 24.1 Å². The highest BCUT2D eigenvalue weighted by molar-refractivity contribution is 7.09. The van der Waals surface area contributed by atoms with Gasteiger partial charge in [0, 0.05) is 18.0 Å². The molecule has 1 aromatic rings. The van der Waals surface area contributed by atoms with E-state index < -0.39 is 0 Å². The van der Waals surface area contributed by atoms with E-state index in [1.807, 2.05) is 11.3 Å². The summed E-state index contributed by atoms with van der Waals surface area (Å²) in [5, 5.41) is 9.08. The van der Waals surface area contributed by atoms with Crippen LogP contribution in [0.2, 0.25) is 0 Å². The van der Waals surface area contributed by atoms with Crippen LogP contribution in [0.25, 0.3) is 0 Å². The lowest BCUT2D eigenvalue weighted by atomic mass is 10.2. The molecule has 0 radical (unpaired) electrons. The van der Waals surface area contributed by atoms with Gasteiger partial charge in [-0.2, -0.15) is 0 Å². The zero-order valence-corrected chi connectivity index (χ0v) is 12.0. The van der Waals surface area contributed by atoms with Gasteiger partial charge in [-0.05, 0) is 49.7 Å². The standard InChI is InChI=1S/C14H26N2S/c1-13(2)12-16-10-9-15-8-4-3-6-14-7-5-11-17-14/h5,7,11,13,15-16H,3-4,6,8-10,12H2,1-2H3. The molecule has 2 N–H and O–H groups in total. The molecule has 0 aliphatic heterocycles. The number of nitrogens with one attached hydrogen (secondary N) is 2. The van der Waals surface area contributed by atoms with Gasteiger partial charge in [-0.1, -0.05) is 19.9 Å². The van der Waals surface area contributed by atoms with Crippen molar-refractivity contribution in [2.75, 3.05) is 26.2 Å². The molecule has 0 bridgehead atoms. The Balaban J connectivity index is 1.79. The van der Waals surface area contributed by atoms with Crippen molar-refractivity contribution in [1.82, 2.24) is 10.6 Å². The zero-order valence-electron chi connectivity index (χ0n) is 11.2. The summed E-state index contributed by atoms with van der Waals surface area (Å²) >= 11 is 1.87. The highest BCUT2D eigenvalue weighted by Crippen LogP contribution is 2.11. The smallest absolute Gasteiger partial charge is 0.00768 e. The van der Waals surface area contributed by atoms with E-state index in [0.29, 0.717) is 0 Å². The minimum atomic E-state index is 0.751. The molecular formula is C14H26N2S. The largest absolute Gasteiger partial charge is 0.315 e. The molecule has 0 aliphatic rings. The molecule has 0 saturated carbocycles. The van der Waals surface area contributed by atoms with Crippen molar-refractivity contribution in [2.45, 2.75) is 33.1 Å². The molecule has 0 unspecified atom stereocenters. The Kier molecular flexibility index (Phi) is 8.32. The van der Waals surface area contributed by atoms with E-state index in [-0.39, 0.29) is 0 Å². The summed E-state index contributed by atoms with van der Waals surface area (Å²) in [5.41, 5.74) is 0. The van der Waals surface area contributed by atoms with Crippen LogP contribution in [0.1, 0.15) is 31.6 Å². The predicted octanol–water partition coefficient (Wildman–Crippen LogP) is 2.91. The average molecular weight is 254 g/mol. The molecule has 0 aromatic carbocycles. The first-order valence-corrected chi connectivity index (χ1v) is 7.61. The van der Waals surface area contributed by atoms with Gasteiger partial charge in [0.15, 0.2) is 0 Å². The molecule has 0 amide bonds. The maximum Gasteiger partial charge on any atom is 0.00768 e. The summed E-state index contributed by atoms with van der Waals surface area (Å²) in [7, 11) is 0. The number of aryl methyl sites for hydroxylation is 1. The van der Waals surface area contributed by atoms with Crippen LogP contribution in [0.4, 0.5) is 0 Å². The van der Waals surface area contributed by atoms with Crippen molar-refractivity contribution < 1.29 is 0 Å². The van der Waals surface area contributed by atoms with Crippen molar-refractivity contribution in [3.8, 4) is 0 Å². The summed E-state index contributed by atoms with van der Waals surface area (Å²) in [6.45, 7) is 8.93. The number of rotatable bonds is 10. The lowest BCUT2D eigenvalue weighted by molar-refractivity contribution is 0.530. The predicted molar refractivity (Wildman–Crippen MR) is 77.8 cm³/mol. The Morgan fingerprint density at radius 2 is 1.94 bits per heavy atom. The topological polar surface area (TPSA) is 24.1 Å². The van der Waals surface area contributed by atoms with Gasteiger partial charge in [-0.25, -0.2) is 0 Å². The Labute approximate surface area is 110 Å². The number of unbranched alkanes of at least 4 members (excludes halogenated alkanes) is 1. The van der Waals surface area contributed by atoms with Gasteiger partial charge in [0.25, 0.3) is 0 Å². The molecule has 0 fully saturated rings. The summed E-state index contributed by atoms with van der Waals surface area (Å²) in [4.78, 5) is 1.52. The monoisotopic (exact) mass is 254 g/mol.